The standard InChI is InChI=1S/C13H16N2O2S/c1-11-4-2-3-9-15(11)18(16,17)13-7-5-12(10-14)6-8-13/h5-8,11H,2-4,9H2,1H3. The van der Waals surface area contributed by atoms with Crippen molar-refractivity contribution < 1.29 is 8.42 Å². The summed E-state index contributed by atoms with van der Waals surface area (Å²) in [5.41, 5.74) is 0.473. The highest BCUT2D eigenvalue weighted by molar-refractivity contribution is 7.89. The molecule has 1 aliphatic heterocycles. The van der Waals surface area contributed by atoms with E-state index in [1.165, 1.54) is 12.1 Å². The molecule has 1 atom stereocenters. The molecule has 1 aromatic rings. The number of hydrogen-bond acceptors (Lipinski definition) is 3. The monoisotopic (exact) mass is 264 g/mol. The van der Waals surface area contributed by atoms with Gasteiger partial charge in [0.2, 0.25) is 10.0 Å². The van der Waals surface area contributed by atoms with Crippen LogP contribution in [0.1, 0.15) is 31.7 Å². The van der Waals surface area contributed by atoms with E-state index in [1.807, 2.05) is 13.0 Å². The van der Waals surface area contributed by atoms with Crippen LogP contribution in [0.25, 0.3) is 0 Å². The van der Waals surface area contributed by atoms with Crippen molar-refractivity contribution in [2.24, 2.45) is 0 Å². The number of nitriles is 1. The van der Waals surface area contributed by atoms with Crippen molar-refractivity contribution in [3.63, 3.8) is 0 Å². The minimum Gasteiger partial charge on any atom is -0.207 e. The Bertz CT molecular complexity index is 558. The van der Waals surface area contributed by atoms with Gasteiger partial charge in [-0.25, -0.2) is 8.42 Å². The van der Waals surface area contributed by atoms with E-state index < -0.39 is 10.0 Å². The number of hydrogen-bond donors (Lipinski definition) is 0. The molecule has 1 aliphatic rings. The van der Waals surface area contributed by atoms with E-state index in [2.05, 4.69) is 0 Å². The molecule has 0 radical (unpaired) electrons. The Morgan fingerprint density at radius 3 is 2.50 bits per heavy atom. The molecule has 5 heteroatoms. The fraction of sp³-hybridized carbons (Fsp3) is 0.462. The van der Waals surface area contributed by atoms with Gasteiger partial charge in [0.25, 0.3) is 0 Å². The van der Waals surface area contributed by atoms with Crippen LogP contribution < -0.4 is 0 Å². The SMILES string of the molecule is CC1CCCCN1S(=O)(=O)c1ccc(C#N)cc1. The van der Waals surface area contributed by atoms with E-state index in [0.29, 0.717) is 12.1 Å². The smallest absolute Gasteiger partial charge is 0.207 e. The summed E-state index contributed by atoms with van der Waals surface area (Å²) in [5, 5.41) is 8.71. The first-order valence-electron chi connectivity index (χ1n) is 6.08. The molecule has 1 aromatic carbocycles. The summed E-state index contributed by atoms with van der Waals surface area (Å²) in [4.78, 5) is 0.273. The lowest BCUT2D eigenvalue weighted by Gasteiger charge is -2.32. The summed E-state index contributed by atoms with van der Waals surface area (Å²) in [7, 11) is -3.41. The maximum atomic E-state index is 12.4. The third kappa shape index (κ3) is 2.40. The van der Waals surface area contributed by atoms with Gasteiger partial charge in [0.05, 0.1) is 16.5 Å². The van der Waals surface area contributed by atoms with E-state index >= 15 is 0 Å². The first-order chi connectivity index (χ1) is 8.55. The quantitative estimate of drug-likeness (QED) is 0.822. The molecule has 0 aromatic heterocycles. The zero-order valence-electron chi connectivity index (χ0n) is 10.3. The third-order valence-corrected chi connectivity index (χ3v) is 5.36. The Morgan fingerprint density at radius 1 is 1.28 bits per heavy atom. The fourth-order valence-electron chi connectivity index (χ4n) is 2.27. The number of benzene rings is 1. The van der Waals surface area contributed by atoms with Crippen molar-refractivity contribution in [1.29, 1.82) is 5.26 Å². The Labute approximate surface area is 108 Å². The lowest BCUT2D eigenvalue weighted by atomic mass is 10.1. The number of sulfonamides is 1. The van der Waals surface area contributed by atoms with E-state index in [1.54, 1.807) is 16.4 Å². The second-order valence-electron chi connectivity index (χ2n) is 4.60. The highest BCUT2D eigenvalue weighted by Crippen LogP contribution is 2.25. The summed E-state index contributed by atoms with van der Waals surface area (Å²) < 4.78 is 26.4. The van der Waals surface area contributed by atoms with Crippen molar-refractivity contribution in [2.45, 2.75) is 37.1 Å². The average Bonchev–Trinajstić information content (AvgIpc) is 2.39. The van der Waals surface area contributed by atoms with Gasteiger partial charge in [0.1, 0.15) is 0 Å². The maximum Gasteiger partial charge on any atom is 0.243 e. The van der Waals surface area contributed by atoms with Crippen molar-refractivity contribution in [3.05, 3.63) is 29.8 Å². The molecule has 96 valence electrons. The van der Waals surface area contributed by atoms with Gasteiger partial charge in [-0.3, -0.25) is 0 Å². The van der Waals surface area contributed by atoms with E-state index in [-0.39, 0.29) is 10.9 Å². The van der Waals surface area contributed by atoms with Gasteiger partial charge < -0.3 is 0 Å². The first kappa shape index (κ1) is 13.1. The highest BCUT2D eigenvalue weighted by atomic mass is 32.2. The molecule has 0 N–H and O–H groups in total. The lowest BCUT2D eigenvalue weighted by molar-refractivity contribution is 0.268. The second-order valence-corrected chi connectivity index (χ2v) is 6.49. The minimum absolute atomic E-state index is 0.0550. The van der Waals surface area contributed by atoms with Crippen LogP contribution in [0.15, 0.2) is 29.2 Å². The zero-order chi connectivity index (χ0) is 13.2. The summed E-state index contributed by atoms with van der Waals surface area (Å²) in [5.74, 6) is 0. The van der Waals surface area contributed by atoms with Crippen molar-refractivity contribution in [3.8, 4) is 6.07 Å². The molecule has 0 aliphatic carbocycles. The molecular formula is C13H16N2O2S. The van der Waals surface area contributed by atoms with Crippen LogP contribution in [0.4, 0.5) is 0 Å². The zero-order valence-corrected chi connectivity index (χ0v) is 11.2. The van der Waals surface area contributed by atoms with Gasteiger partial charge in [0.15, 0.2) is 0 Å². The summed E-state index contributed by atoms with van der Waals surface area (Å²) in [6.45, 7) is 2.53. The predicted octanol–water partition coefficient (Wildman–Crippen LogP) is 2.12. The largest absolute Gasteiger partial charge is 0.243 e. The van der Waals surface area contributed by atoms with Crippen LogP contribution in [-0.2, 0) is 10.0 Å². The van der Waals surface area contributed by atoms with E-state index in [0.717, 1.165) is 19.3 Å². The fourth-order valence-corrected chi connectivity index (χ4v) is 3.97. The molecule has 2 rings (SSSR count). The molecule has 0 bridgehead atoms. The molecule has 18 heavy (non-hydrogen) atoms. The summed E-state index contributed by atoms with van der Waals surface area (Å²) >= 11 is 0. The molecule has 0 saturated carbocycles. The van der Waals surface area contributed by atoms with Crippen LogP contribution >= 0.6 is 0 Å². The van der Waals surface area contributed by atoms with Gasteiger partial charge in [0, 0.05) is 12.6 Å². The van der Waals surface area contributed by atoms with Crippen LogP contribution in [0.2, 0.25) is 0 Å². The predicted molar refractivity (Wildman–Crippen MR) is 68.4 cm³/mol. The highest BCUT2D eigenvalue weighted by Gasteiger charge is 2.30. The topological polar surface area (TPSA) is 61.2 Å². The van der Waals surface area contributed by atoms with Gasteiger partial charge in [-0.1, -0.05) is 6.42 Å². The summed E-state index contributed by atoms with van der Waals surface area (Å²) in [6.07, 6.45) is 2.91. The Balaban J connectivity index is 2.32. The molecule has 1 unspecified atom stereocenters. The first-order valence-corrected chi connectivity index (χ1v) is 7.52. The molecule has 1 fully saturated rings. The Kier molecular flexibility index (Phi) is 3.69. The van der Waals surface area contributed by atoms with Crippen molar-refractivity contribution in [2.75, 3.05) is 6.54 Å². The normalized spacial score (nSPS) is 21.4. The molecular weight excluding hydrogens is 248 g/mol. The minimum atomic E-state index is -3.41. The van der Waals surface area contributed by atoms with Gasteiger partial charge in [-0.05, 0) is 44.0 Å². The molecule has 0 amide bonds. The van der Waals surface area contributed by atoms with Crippen LogP contribution in [-0.4, -0.2) is 25.3 Å². The molecule has 4 nitrogen and oxygen atoms in total. The third-order valence-electron chi connectivity index (χ3n) is 3.33. The molecule has 1 heterocycles. The Hall–Kier alpha value is -1.38. The molecule has 1 saturated heterocycles. The average molecular weight is 264 g/mol. The summed E-state index contributed by atoms with van der Waals surface area (Å²) in [6, 6.07) is 8.15. The number of nitrogens with zero attached hydrogens (tertiary/aromatic N) is 2. The van der Waals surface area contributed by atoms with E-state index in [4.69, 9.17) is 5.26 Å². The van der Waals surface area contributed by atoms with Crippen LogP contribution in [0.3, 0.4) is 0 Å². The van der Waals surface area contributed by atoms with Crippen LogP contribution in [0.5, 0.6) is 0 Å². The second kappa shape index (κ2) is 5.09. The van der Waals surface area contributed by atoms with Crippen molar-refractivity contribution in [1.82, 2.24) is 4.31 Å². The number of rotatable bonds is 2. The van der Waals surface area contributed by atoms with Crippen LogP contribution in [0, 0.1) is 11.3 Å². The Morgan fingerprint density at radius 2 is 1.94 bits per heavy atom. The molecule has 0 spiro atoms. The van der Waals surface area contributed by atoms with Gasteiger partial charge in [-0.15, -0.1) is 0 Å². The van der Waals surface area contributed by atoms with Gasteiger partial charge in [-0.2, -0.15) is 9.57 Å². The lowest BCUT2D eigenvalue weighted by Crippen LogP contribution is -2.41. The van der Waals surface area contributed by atoms with E-state index in [9.17, 15) is 8.42 Å². The van der Waals surface area contributed by atoms with Gasteiger partial charge >= 0.3 is 0 Å². The maximum absolute atomic E-state index is 12.4. The van der Waals surface area contributed by atoms with Crippen molar-refractivity contribution >= 4 is 10.0 Å². The number of piperidine rings is 1.